The van der Waals surface area contributed by atoms with Crippen LogP contribution in [0.25, 0.3) is 5.65 Å². The number of rotatable bonds is 3. The first-order valence-corrected chi connectivity index (χ1v) is 9.23. The third-order valence-electron chi connectivity index (χ3n) is 6.05. The minimum Gasteiger partial charge on any atom is -0.504 e. The third kappa shape index (κ3) is 3.30. The summed E-state index contributed by atoms with van der Waals surface area (Å²) in [5.41, 5.74) is 0.781. The number of aromatic hydroxyl groups is 1. The van der Waals surface area contributed by atoms with Crippen molar-refractivity contribution in [3.63, 3.8) is 0 Å². The van der Waals surface area contributed by atoms with E-state index in [0.29, 0.717) is 18.7 Å². The summed E-state index contributed by atoms with van der Waals surface area (Å²) in [5, 5.41) is 19.3. The summed E-state index contributed by atoms with van der Waals surface area (Å²) < 4.78 is 1.34. The molecule has 0 bridgehead atoms. The highest BCUT2D eigenvalue weighted by molar-refractivity contribution is 5.74. The van der Waals surface area contributed by atoms with Crippen LogP contribution < -0.4 is 5.56 Å². The van der Waals surface area contributed by atoms with E-state index in [-0.39, 0.29) is 28.4 Å². The molecule has 4 heterocycles. The molecule has 0 radical (unpaired) electrons. The standard InChI is InChI=1S/C19H24N4O4/c1-21-12-19(10-14(21)18(26)27)4-7-22(8-5-19)11-13-9-16(25)23-6-2-3-15(24)17(23)20-13/h2-3,6,9,14,24H,4-5,7-8,10-12H2,1H3,(H,26,27)/t14-/m1/s1. The quantitative estimate of drug-likeness (QED) is 0.821. The molecule has 8 heteroatoms. The molecule has 2 fully saturated rings. The van der Waals surface area contributed by atoms with Gasteiger partial charge in [-0.25, -0.2) is 4.98 Å². The van der Waals surface area contributed by atoms with Crippen LogP contribution in [0.15, 0.2) is 29.2 Å². The first kappa shape index (κ1) is 17.9. The van der Waals surface area contributed by atoms with Gasteiger partial charge in [0.25, 0.3) is 5.56 Å². The summed E-state index contributed by atoms with van der Waals surface area (Å²) in [6, 6.07) is 4.26. The number of hydrogen-bond acceptors (Lipinski definition) is 6. The predicted octanol–water partition coefficient (Wildman–Crippen LogP) is 0.771. The molecule has 2 N–H and O–H groups in total. The van der Waals surface area contributed by atoms with Gasteiger partial charge in [0.2, 0.25) is 0 Å². The Bertz CT molecular complexity index is 933. The fraction of sp³-hybridized carbons (Fsp3) is 0.526. The highest BCUT2D eigenvalue weighted by atomic mass is 16.4. The van der Waals surface area contributed by atoms with Crippen LogP contribution in [0, 0.1) is 5.41 Å². The van der Waals surface area contributed by atoms with Crippen molar-refractivity contribution < 1.29 is 15.0 Å². The number of piperidine rings is 1. The fourth-order valence-electron chi connectivity index (χ4n) is 4.56. The highest BCUT2D eigenvalue weighted by Crippen LogP contribution is 2.42. The number of aromatic nitrogens is 2. The van der Waals surface area contributed by atoms with E-state index in [1.165, 1.54) is 16.5 Å². The number of likely N-dealkylation sites (N-methyl/N-ethyl adjacent to an activating group) is 1. The van der Waals surface area contributed by atoms with Crippen LogP contribution in [0.1, 0.15) is 25.0 Å². The van der Waals surface area contributed by atoms with Crippen molar-refractivity contribution in [2.24, 2.45) is 5.41 Å². The molecular weight excluding hydrogens is 348 g/mol. The second-order valence-electron chi connectivity index (χ2n) is 7.92. The number of carbonyl (C=O) groups is 1. The predicted molar refractivity (Wildman–Crippen MR) is 98.7 cm³/mol. The molecule has 4 rings (SSSR count). The molecular formula is C19H24N4O4. The number of carboxylic acid groups (broad SMARTS) is 1. The van der Waals surface area contributed by atoms with Gasteiger partial charge in [0, 0.05) is 25.4 Å². The van der Waals surface area contributed by atoms with Gasteiger partial charge in [0.15, 0.2) is 11.4 Å². The second-order valence-corrected chi connectivity index (χ2v) is 7.92. The smallest absolute Gasteiger partial charge is 0.320 e. The zero-order valence-electron chi connectivity index (χ0n) is 15.3. The second kappa shape index (κ2) is 6.61. The summed E-state index contributed by atoms with van der Waals surface area (Å²) in [6.45, 7) is 3.07. The Labute approximate surface area is 156 Å². The highest BCUT2D eigenvalue weighted by Gasteiger charge is 2.46. The minimum atomic E-state index is -0.738. The molecule has 8 nitrogen and oxygen atoms in total. The van der Waals surface area contributed by atoms with Crippen LogP contribution >= 0.6 is 0 Å². The van der Waals surface area contributed by atoms with Crippen molar-refractivity contribution in [2.45, 2.75) is 31.8 Å². The first-order valence-electron chi connectivity index (χ1n) is 9.23. The van der Waals surface area contributed by atoms with E-state index in [1.807, 2.05) is 11.9 Å². The monoisotopic (exact) mass is 372 g/mol. The van der Waals surface area contributed by atoms with E-state index in [2.05, 4.69) is 9.88 Å². The number of pyridine rings is 1. The molecule has 2 saturated heterocycles. The lowest BCUT2D eigenvalue weighted by atomic mass is 9.76. The molecule has 0 aliphatic carbocycles. The van der Waals surface area contributed by atoms with Crippen molar-refractivity contribution in [1.82, 2.24) is 19.2 Å². The summed E-state index contributed by atoms with van der Waals surface area (Å²) >= 11 is 0. The van der Waals surface area contributed by atoms with Crippen LogP contribution in [0.2, 0.25) is 0 Å². The SMILES string of the molecule is CN1CC2(CCN(Cc3cc(=O)n4cccc(O)c4n3)CC2)C[C@@H]1C(=O)O. The lowest BCUT2D eigenvalue weighted by Crippen LogP contribution is -2.41. The Kier molecular flexibility index (Phi) is 4.39. The molecule has 0 saturated carbocycles. The molecule has 2 aliphatic rings. The minimum absolute atomic E-state index is 0.0113. The zero-order chi connectivity index (χ0) is 19.2. The third-order valence-corrected chi connectivity index (χ3v) is 6.05. The van der Waals surface area contributed by atoms with Crippen molar-refractivity contribution >= 4 is 11.6 Å². The summed E-state index contributed by atoms with van der Waals surface area (Å²) in [6.07, 6.45) is 4.18. The molecule has 2 aliphatic heterocycles. The Morgan fingerprint density at radius 1 is 1.37 bits per heavy atom. The fourth-order valence-corrected chi connectivity index (χ4v) is 4.56. The van der Waals surface area contributed by atoms with Crippen molar-refractivity contribution in [1.29, 1.82) is 0 Å². The number of aliphatic carboxylic acids is 1. The van der Waals surface area contributed by atoms with Crippen LogP contribution in [0.4, 0.5) is 0 Å². The Morgan fingerprint density at radius 2 is 2.11 bits per heavy atom. The van der Waals surface area contributed by atoms with E-state index in [4.69, 9.17) is 0 Å². The van der Waals surface area contributed by atoms with Crippen LogP contribution in [0.3, 0.4) is 0 Å². The molecule has 0 amide bonds. The lowest BCUT2D eigenvalue weighted by molar-refractivity contribution is -0.141. The van der Waals surface area contributed by atoms with E-state index in [1.54, 1.807) is 12.3 Å². The molecule has 0 aromatic carbocycles. The molecule has 27 heavy (non-hydrogen) atoms. The van der Waals surface area contributed by atoms with Crippen LogP contribution in [-0.2, 0) is 11.3 Å². The van der Waals surface area contributed by atoms with Gasteiger partial charge in [-0.05, 0) is 56.9 Å². The van der Waals surface area contributed by atoms with Gasteiger partial charge in [0.05, 0.1) is 5.69 Å². The normalized spacial score (nSPS) is 23.2. The van der Waals surface area contributed by atoms with Gasteiger partial charge in [-0.1, -0.05) is 0 Å². The molecule has 2 aromatic heterocycles. The van der Waals surface area contributed by atoms with E-state index in [9.17, 15) is 19.8 Å². The van der Waals surface area contributed by atoms with Gasteiger partial charge >= 0.3 is 5.97 Å². The van der Waals surface area contributed by atoms with E-state index in [0.717, 1.165) is 32.5 Å². The average Bonchev–Trinajstić information content (AvgIpc) is 2.95. The number of nitrogens with zero attached hydrogens (tertiary/aromatic N) is 4. The number of likely N-dealkylation sites (tertiary alicyclic amines) is 2. The Hall–Kier alpha value is -2.45. The Morgan fingerprint density at radius 3 is 2.78 bits per heavy atom. The van der Waals surface area contributed by atoms with E-state index < -0.39 is 5.97 Å². The maximum atomic E-state index is 12.3. The van der Waals surface area contributed by atoms with Crippen molar-refractivity contribution in [3.8, 4) is 5.75 Å². The number of fused-ring (bicyclic) bond motifs is 1. The maximum absolute atomic E-state index is 12.3. The topological polar surface area (TPSA) is 98.4 Å². The Balaban J connectivity index is 1.46. The van der Waals surface area contributed by atoms with Crippen molar-refractivity contribution in [3.05, 3.63) is 40.4 Å². The van der Waals surface area contributed by atoms with Gasteiger partial charge in [0.1, 0.15) is 6.04 Å². The van der Waals surface area contributed by atoms with Gasteiger partial charge in [-0.15, -0.1) is 0 Å². The maximum Gasteiger partial charge on any atom is 0.320 e. The first-order chi connectivity index (χ1) is 12.9. The van der Waals surface area contributed by atoms with Crippen LogP contribution in [0.5, 0.6) is 5.75 Å². The van der Waals surface area contributed by atoms with Gasteiger partial charge in [-0.2, -0.15) is 0 Å². The molecule has 0 unspecified atom stereocenters. The number of carboxylic acids is 1. The number of hydrogen-bond donors (Lipinski definition) is 2. The molecule has 144 valence electrons. The summed E-state index contributed by atoms with van der Waals surface area (Å²) in [7, 11) is 1.89. The summed E-state index contributed by atoms with van der Waals surface area (Å²) in [4.78, 5) is 32.3. The largest absolute Gasteiger partial charge is 0.504 e. The molecule has 1 spiro atoms. The molecule has 2 aromatic rings. The van der Waals surface area contributed by atoms with Crippen LogP contribution in [-0.4, -0.2) is 68.1 Å². The molecule has 1 atom stereocenters. The van der Waals surface area contributed by atoms with Gasteiger partial charge < -0.3 is 10.2 Å². The average molecular weight is 372 g/mol. The zero-order valence-corrected chi connectivity index (χ0v) is 15.3. The lowest BCUT2D eigenvalue weighted by Gasteiger charge is -2.39. The van der Waals surface area contributed by atoms with Crippen molar-refractivity contribution in [2.75, 3.05) is 26.7 Å². The summed E-state index contributed by atoms with van der Waals surface area (Å²) in [5.74, 6) is -0.750. The van der Waals surface area contributed by atoms with Gasteiger partial charge in [-0.3, -0.25) is 23.8 Å². The van der Waals surface area contributed by atoms with E-state index >= 15 is 0 Å².